The van der Waals surface area contributed by atoms with Gasteiger partial charge < -0.3 is 5.32 Å². The van der Waals surface area contributed by atoms with Crippen molar-refractivity contribution in [3.63, 3.8) is 0 Å². The average molecular weight is 291 g/mol. The van der Waals surface area contributed by atoms with Crippen LogP contribution in [0.2, 0.25) is 0 Å². The van der Waals surface area contributed by atoms with E-state index in [0.29, 0.717) is 25.0 Å². The Morgan fingerprint density at radius 2 is 2.10 bits per heavy atom. The summed E-state index contributed by atoms with van der Waals surface area (Å²) in [6.07, 6.45) is 1.68. The first-order chi connectivity index (χ1) is 10.1. The number of hydrogen-bond acceptors (Lipinski definition) is 3. The molecule has 0 aliphatic heterocycles. The quantitative estimate of drug-likeness (QED) is 0.892. The van der Waals surface area contributed by atoms with Crippen LogP contribution in [-0.2, 0) is 6.42 Å². The number of aromatic amines is 1. The van der Waals surface area contributed by atoms with E-state index in [9.17, 15) is 18.4 Å². The first-order valence-electron chi connectivity index (χ1n) is 6.43. The molecule has 0 spiro atoms. The fraction of sp³-hybridized carbons (Fsp3) is 0.214. The summed E-state index contributed by atoms with van der Waals surface area (Å²) in [7, 11) is 0. The molecule has 5 nitrogen and oxygen atoms in total. The number of carbonyl (C=O) groups excluding carboxylic acids is 2. The molecule has 1 aliphatic carbocycles. The fourth-order valence-electron chi connectivity index (χ4n) is 2.35. The van der Waals surface area contributed by atoms with E-state index in [-0.39, 0.29) is 22.7 Å². The fourth-order valence-corrected chi connectivity index (χ4v) is 2.35. The Kier molecular flexibility index (Phi) is 3.25. The van der Waals surface area contributed by atoms with Gasteiger partial charge in [0.25, 0.3) is 5.91 Å². The summed E-state index contributed by atoms with van der Waals surface area (Å²) in [6.45, 7) is 0. The number of fused-ring (bicyclic) bond motifs is 1. The van der Waals surface area contributed by atoms with Crippen LogP contribution in [0.5, 0.6) is 0 Å². The summed E-state index contributed by atoms with van der Waals surface area (Å²) in [6, 6.07) is 2.73. The van der Waals surface area contributed by atoms with Crippen molar-refractivity contribution in [3.05, 3.63) is 46.8 Å². The van der Waals surface area contributed by atoms with Gasteiger partial charge in [0.2, 0.25) is 0 Å². The van der Waals surface area contributed by atoms with Crippen LogP contribution in [0.1, 0.15) is 39.4 Å². The van der Waals surface area contributed by atoms with Crippen LogP contribution >= 0.6 is 0 Å². The Hall–Kier alpha value is -2.57. The lowest BCUT2D eigenvalue weighted by Gasteiger charge is -2.10. The molecule has 3 rings (SSSR count). The number of nitrogens with one attached hydrogen (secondary N) is 2. The number of anilines is 1. The standard InChI is InChI=1S/C14H11F2N3O2/c15-7-4-5-8(16)10(6-7)17-14(21)13-12-9(18-19-13)2-1-3-11(12)20/h4-6H,1-3H2,(H,17,21)(H,18,19). The van der Waals surface area contributed by atoms with Crippen LogP contribution < -0.4 is 5.32 Å². The molecule has 108 valence electrons. The zero-order valence-corrected chi connectivity index (χ0v) is 10.9. The lowest BCUT2D eigenvalue weighted by atomic mass is 9.94. The minimum Gasteiger partial charge on any atom is -0.318 e. The lowest BCUT2D eigenvalue weighted by molar-refractivity contribution is 0.0955. The summed E-state index contributed by atoms with van der Waals surface area (Å²) in [5.74, 6) is -2.35. The van der Waals surface area contributed by atoms with Crippen molar-refractivity contribution in [2.45, 2.75) is 19.3 Å². The second-order valence-electron chi connectivity index (χ2n) is 4.78. The number of amides is 1. The van der Waals surface area contributed by atoms with E-state index in [1.807, 2.05) is 0 Å². The maximum Gasteiger partial charge on any atom is 0.277 e. The third-order valence-electron chi connectivity index (χ3n) is 3.34. The molecule has 0 radical (unpaired) electrons. The molecular formula is C14H11F2N3O2. The van der Waals surface area contributed by atoms with Gasteiger partial charge in [-0.2, -0.15) is 5.10 Å². The molecule has 1 aromatic carbocycles. The third-order valence-corrected chi connectivity index (χ3v) is 3.34. The number of Topliss-reactive ketones (excluding diaryl/α,β-unsaturated/α-hetero) is 1. The van der Waals surface area contributed by atoms with Crippen molar-refractivity contribution < 1.29 is 18.4 Å². The molecule has 1 amide bonds. The lowest BCUT2D eigenvalue weighted by Crippen LogP contribution is -2.19. The zero-order valence-electron chi connectivity index (χ0n) is 10.9. The van der Waals surface area contributed by atoms with Crippen LogP contribution in [0.4, 0.5) is 14.5 Å². The molecule has 2 N–H and O–H groups in total. The van der Waals surface area contributed by atoms with E-state index < -0.39 is 17.5 Å². The summed E-state index contributed by atoms with van der Waals surface area (Å²) >= 11 is 0. The monoisotopic (exact) mass is 291 g/mol. The highest BCUT2D eigenvalue weighted by Gasteiger charge is 2.27. The van der Waals surface area contributed by atoms with Crippen molar-refractivity contribution in [3.8, 4) is 0 Å². The minimum absolute atomic E-state index is 0.0849. The highest BCUT2D eigenvalue weighted by molar-refractivity contribution is 6.12. The number of carbonyl (C=O) groups is 2. The van der Waals surface area contributed by atoms with Gasteiger partial charge in [0, 0.05) is 18.2 Å². The van der Waals surface area contributed by atoms with Crippen molar-refractivity contribution in [1.29, 1.82) is 0 Å². The number of halogens is 2. The molecule has 0 unspecified atom stereocenters. The number of ketones is 1. The van der Waals surface area contributed by atoms with Crippen LogP contribution in [-0.4, -0.2) is 21.9 Å². The minimum atomic E-state index is -0.763. The SMILES string of the molecule is O=C(Nc1cc(F)ccc1F)c1n[nH]c2c1C(=O)CCC2. The Morgan fingerprint density at radius 3 is 2.90 bits per heavy atom. The first kappa shape index (κ1) is 13.4. The number of rotatable bonds is 2. The molecule has 0 saturated carbocycles. The summed E-state index contributed by atoms with van der Waals surface area (Å²) in [5, 5.41) is 8.71. The summed E-state index contributed by atoms with van der Waals surface area (Å²) in [5.41, 5.74) is 0.477. The first-order valence-corrected chi connectivity index (χ1v) is 6.43. The molecular weight excluding hydrogens is 280 g/mol. The van der Waals surface area contributed by atoms with Crippen molar-refractivity contribution >= 4 is 17.4 Å². The molecule has 0 bridgehead atoms. The highest BCUT2D eigenvalue weighted by atomic mass is 19.1. The van der Waals surface area contributed by atoms with Gasteiger partial charge in [-0.05, 0) is 25.0 Å². The molecule has 2 aromatic rings. The highest BCUT2D eigenvalue weighted by Crippen LogP contribution is 2.23. The normalized spacial score (nSPS) is 13.9. The van der Waals surface area contributed by atoms with E-state index in [1.54, 1.807) is 0 Å². The van der Waals surface area contributed by atoms with Crippen molar-refractivity contribution in [1.82, 2.24) is 10.2 Å². The Bertz CT molecular complexity index is 740. The van der Waals surface area contributed by atoms with Crippen molar-refractivity contribution in [2.24, 2.45) is 0 Å². The third kappa shape index (κ3) is 2.42. The second-order valence-corrected chi connectivity index (χ2v) is 4.78. The van der Waals surface area contributed by atoms with Gasteiger partial charge in [-0.15, -0.1) is 0 Å². The molecule has 21 heavy (non-hydrogen) atoms. The number of aromatic nitrogens is 2. The number of H-pyrrole nitrogens is 1. The maximum atomic E-state index is 13.5. The topological polar surface area (TPSA) is 74.8 Å². The van der Waals surface area contributed by atoms with E-state index in [4.69, 9.17) is 0 Å². The van der Waals surface area contributed by atoms with E-state index in [2.05, 4.69) is 15.5 Å². The number of hydrogen-bond donors (Lipinski definition) is 2. The molecule has 1 aliphatic rings. The summed E-state index contributed by atoms with van der Waals surface area (Å²) < 4.78 is 26.6. The van der Waals surface area contributed by atoms with Crippen LogP contribution in [0.3, 0.4) is 0 Å². The van der Waals surface area contributed by atoms with Crippen molar-refractivity contribution in [2.75, 3.05) is 5.32 Å². The van der Waals surface area contributed by atoms with E-state index >= 15 is 0 Å². The summed E-state index contributed by atoms with van der Waals surface area (Å²) in [4.78, 5) is 24.0. The molecule has 1 heterocycles. The molecule has 0 saturated heterocycles. The van der Waals surface area contributed by atoms with Gasteiger partial charge in [-0.1, -0.05) is 0 Å². The predicted octanol–water partition coefficient (Wildman–Crippen LogP) is 2.46. The smallest absolute Gasteiger partial charge is 0.277 e. The van der Waals surface area contributed by atoms with Crippen LogP contribution in [0, 0.1) is 11.6 Å². The van der Waals surface area contributed by atoms with Crippen LogP contribution in [0.15, 0.2) is 18.2 Å². The maximum absolute atomic E-state index is 13.5. The molecule has 0 atom stereocenters. The van der Waals surface area contributed by atoms with Gasteiger partial charge in [-0.3, -0.25) is 14.7 Å². The number of benzene rings is 1. The van der Waals surface area contributed by atoms with Gasteiger partial charge in [0.05, 0.1) is 11.3 Å². The molecule has 0 fully saturated rings. The van der Waals surface area contributed by atoms with Gasteiger partial charge in [0.1, 0.15) is 11.6 Å². The molecule has 7 heteroatoms. The Balaban J connectivity index is 1.91. The number of nitrogens with zero attached hydrogens (tertiary/aromatic N) is 1. The van der Waals surface area contributed by atoms with Crippen LogP contribution in [0.25, 0.3) is 0 Å². The van der Waals surface area contributed by atoms with E-state index in [0.717, 1.165) is 18.2 Å². The zero-order chi connectivity index (χ0) is 15.0. The van der Waals surface area contributed by atoms with Gasteiger partial charge >= 0.3 is 0 Å². The Morgan fingerprint density at radius 1 is 1.29 bits per heavy atom. The Labute approximate surface area is 118 Å². The molecule has 1 aromatic heterocycles. The van der Waals surface area contributed by atoms with Gasteiger partial charge in [0.15, 0.2) is 11.5 Å². The largest absolute Gasteiger partial charge is 0.318 e. The second kappa shape index (κ2) is 5.08. The average Bonchev–Trinajstić information content (AvgIpc) is 2.88. The van der Waals surface area contributed by atoms with Gasteiger partial charge in [-0.25, -0.2) is 8.78 Å². The predicted molar refractivity (Wildman–Crippen MR) is 70.2 cm³/mol. The number of aryl methyl sites for hydroxylation is 1. The van der Waals surface area contributed by atoms with E-state index in [1.165, 1.54) is 0 Å².